The summed E-state index contributed by atoms with van der Waals surface area (Å²) in [6, 6.07) is 0. The van der Waals surface area contributed by atoms with Crippen molar-refractivity contribution in [3.63, 3.8) is 0 Å². The van der Waals surface area contributed by atoms with E-state index in [4.69, 9.17) is 5.73 Å². The van der Waals surface area contributed by atoms with Crippen molar-refractivity contribution in [2.75, 3.05) is 19.3 Å². The molecule has 0 radical (unpaired) electrons. The maximum atomic E-state index is 12.0. The molecule has 3 nitrogen and oxygen atoms in total. The molecular formula is C14H28N2OS. The Morgan fingerprint density at radius 1 is 1.39 bits per heavy atom. The summed E-state index contributed by atoms with van der Waals surface area (Å²) < 4.78 is 0. The van der Waals surface area contributed by atoms with E-state index in [1.165, 1.54) is 19.3 Å². The number of rotatable bonds is 7. The highest BCUT2D eigenvalue weighted by atomic mass is 32.2. The van der Waals surface area contributed by atoms with E-state index < -0.39 is 0 Å². The van der Waals surface area contributed by atoms with Gasteiger partial charge in [0.15, 0.2) is 0 Å². The molecule has 1 rings (SSSR count). The number of carbonyl (C=O) groups is 1. The average molecular weight is 272 g/mol. The van der Waals surface area contributed by atoms with Crippen LogP contribution < -0.4 is 11.1 Å². The minimum atomic E-state index is 0.0907. The van der Waals surface area contributed by atoms with Crippen molar-refractivity contribution in [3.05, 3.63) is 0 Å². The number of carbonyl (C=O) groups excluding carboxylic acids is 1. The third-order valence-electron chi connectivity index (χ3n) is 4.16. The average Bonchev–Trinajstić information content (AvgIpc) is 2.39. The maximum Gasteiger partial charge on any atom is 0.220 e. The fourth-order valence-electron chi connectivity index (χ4n) is 2.69. The summed E-state index contributed by atoms with van der Waals surface area (Å²) in [5, 5.41) is 3.66. The van der Waals surface area contributed by atoms with Crippen molar-refractivity contribution >= 4 is 17.7 Å². The molecule has 0 aliphatic heterocycles. The van der Waals surface area contributed by atoms with Crippen LogP contribution in [0.3, 0.4) is 0 Å². The van der Waals surface area contributed by atoms with Gasteiger partial charge in [0.05, 0.1) is 0 Å². The first-order chi connectivity index (χ1) is 8.62. The molecule has 1 saturated carbocycles. The van der Waals surface area contributed by atoms with Gasteiger partial charge in [-0.25, -0.2) is 0 Å². The first-order valence-corrected chi connectivity index (χ1v) is 8.40. The Labute approximate surface area is 116 Å². The molecule has 0 heterocycles. The molecule has 1 aliphatic carbocycles. The van der Waals surface area contributed by atoms with E-state index >= 15 is 0 Å². The second kappa shape index (κ2) is 8.05. The van der Waals surface area contributed by atoms with E-state index in [0.717, 1.165) is 25.8 Å². The molecule has 1 fully saturated rings. The lowest BCUT2D eigenvalue weighted by Gasteiger charge is -2.35. The predicted octanol–water partition coefficient (Wildman–Crippen LogP) is 2.54. The van der Waals surface area contributed by atoms with Crippen LogP contribution in [0.15, 0.2) is 0 Å². The van der Waals surface area contributed by atoms with E-state index in [-0.39, 0.29) is 11.3 Å². The van der Waals surface area contributed by atoms with Crippen LogP contribution in [0.25, 0.3) is 0 Å². The van der Waals surface area contributed by atoms with Crippen LogP contribution in [0.2, 0.25) is 0 Å². The topological polar surface area (TPSA) is 55.1 Å². The smallest absolute Gasteiger partial charge is 0.220 e. The van der Waals surface area contributed by atoms with Crippen molar-refractivity contribution in [1.82, 2.24) is 5.32 Å². The highest BCUT2D eigenvalue weighted by Crippen LogP contribution is 2.38. The zero-order valence-electron chi connectivity index (χ0n) is 11.8. The summed E-state index contributed by atoms with van der Waals surface area (Å²) in [7, 11) is 0. The summed E-state index contributed by atoms with van der Waals surface area (Å²) in [4.78, 5) is 12.0. The summed E-state index contributed by atoms with van der Waals surface area (Å²) in [5.41, 5.74) is 5.99. The first kappa shape index (κ1) is 15.8. The van der Waals surface area contributed by atoms with Gasteiger partial charge in [-0.1, -0.05) is 26.2 Å². The van der Waals surface area contributed by atoms with Gasteiger partial charge in [0.1, 0.15) is 0 Å². The lowest BCUT2D eigenvalue weighted by Crippen LogP contribution is -2.39. The Balaban J connectivity index is 2.29. The molecule has 3 N–H and O–H groups in total. The lowest BCUT2D eigenvalue weighted by molar-refractivity contribution is -0.123. The maximum absolute atomic E-state index is 12.0. The summed E-state index contributed by atoms with van der Waals surface area (Å²) >= 11 is 1.84. The molecule has 0 aromatic heterocycles. The Bertz CT molecular complexity index is 252. The number of hydrogen-bond acceptors (Lipinski definition) is 3. The second-order valence-electron chi connectivity index (χ2n) is 5.63. The van der Waals surface area contributed by atoms with E-state index in [2.05, 4.69) is 18.5 Å². The number of nitrogens with one attached hydrogen (secondary N) is 1. The molecular weight excluding hydrogens is 244 g/mol. The molecule has 0 saturated heterocycles. The van der Waals surface area contributed by atoms with Gasteiger partial charge in [-0.2, -0.15) is 11.8 Å². The van der Waals surface area contributed by atoms with Gasteiger partial charge < -0.3 is 11.1 Å². The second-order valence-corrected chi connectivity index (χ2v) is 6.90. The Hall–Kier alpha value is -0.220. The number of nitrogens with two attached hydrogens (primary N) is 1. The van der Waals surface area contributed by atoms with Gasteiger partial charge in [0.25, 0.3) is 0 Å². The lowest BCUT2D eigenvalue weighted by atomic mass is 9.71. The van der Waals surface area contributed by atoms with Gasteiger partial charge in [-0.05, 0) is 37.5 Å². The molecule has 106 valence electrons. The van der Waals surface area contributed by atoms with E-state index in [9.17, 15) is 4.79 Å². The monoisotopic (exact) mass is 272 g/mol. The van der Waals surface area contributed by atoms with Gasteiger partial charge in [-0.3, -0.25) is 4.79 Å². The van der Waals surface area contributed by atoms with Crippen LogP contribution >= 0.6 is 11.8 Å². The number of hydrogen-bond donors (Lipinski definition) is 2. The summed E-state index contributed by atoms with van der Waals surface area (Å²) in [6.45, 7) is 3.64. The fraction of sp³-hybridized carbons (Fsp3) is 0.929. The molecule has 1 atom stereocenters. The van der Waals surface area contributed by atoms with Crippen molar-refractivity contribution in [3.8, 4) is 0 Å². The largest absolute Gasteiger partial charge is 0.356 e. The molecule has 0 spiro atoms. The van der Waals surface area contributed by atoms with E-state index in [0.29, 0.717) is 18.2 Å². The van der Waals surface area contributed by atoms with Crippen LogP contribution in [0.5, 0.6) is 0 Å². The van der Waals surface area contributed by atoms with Crippen LogP contribution in [0, 0.1) is 5.41 Å². The van der Waals surface area contributed by atoms with E-state index in [1.54, 1.807) is 0 Å². The zero-order chi connectivity index (χ0) is 13.4. The molecule has 18 heavy (non-hydrogen) atoms. The predicted molar refractivity (Wildman–Crippen MR) is 79.8 cm³/mol. The normalized spacial score (nSPS) is 20.4. The molecule has 0 aromatic rings. The zero-order valence-corrected chi connectivity index (χ0v) is 12.7. The summed E-state index contributed by atoms with van der Waals surface area (Å²) in [5.74, 6) is 0.190. The van der Waals surface area contributed by atoms with Gasteiger partial charge in [0, 0.05) is 18.2 Å². The Kier molecular flexibility index (Phi) is 7.08. The van der Waals surface area contributed by atoms with Crippen LogP contribution in [0.1, 0.15) is 51.9 Å². The molecule has 4 heteroatoms. The first-order valence-electron chi connectivity index (χ1n) is 7.11. The van der Waals surface area contributed by atoms with Gasteiger partial charge >= 0.3 is 0 Å². The molecule has 0 aromatic carbocycles. The van der Waals surface area contributed by atoms with Crippen LogP contribution in [0.4, 0.5) is 0 Å². The highest BCUT2D eigenvalue weighted by molar-refractivity contribution is 7.99. The van der Waals surface area contributed by atoms with Crippen LogP contribution in [-0.2, 0) is 4.79 Å². The summed E-state index contributed by atoms with van der Waals surface area (Å²) in [6.07, 6.45) is 9.78. The quantitative estimate of drug-likeness (QED) is 0.749. The van der Waals surface area contributed by atoms with Gasteiger partial charge in [0.2, 0.25) is 5.91 Å². The third kappa shape index (κ3) is 5.19. The third-order valence-corrected chi connectivity index (χ3v) is 5.20. The fourth-order valence-corrected chi connectivity index (χ4v) is 3.04. The standard InChI is InChI=1S/C14H28N2OS/c1-12(18-2)6-9-16-13(17)10-14(11-15)7-4-3-5-8-14/h12H,3-11,15H2,1-2H3,(H,16,17). The van der Waals surface area contributed by atoms with Crippen LogP contribution in [-0.4, -0.2) is 30.5 Å². The minimum absolute atomic E-state index is 0.0907. The Morgan fingerprint density at radius 3 is 2.61 bits per heavy atom. The molecule has 0 bridgehead atoms. The van der Waals surface area contributed by atoms with Gasteiger partial charge in [-0.15, -0.1) is 0 Å². The molecule has 1 unspecified atom stereocenters. The highest BCUT2D eigenvalue weighted by Gasteiger charge is 2.32. The SMILES string of the molecule is CSC(C)CCNC(=O)CC1(CN)CCCCC1. The minimum Gasteiger partial charge on any atom is -0.356 e. The van der Waals surface area contributed by atoms with E-state index in [1.807, 2.05) is 11.8 Å². The van der Waals surface area contributed by atoms with Crippen molar-refractivity contribution in [2.24, 2.45) is 11.1 Å². The number of thioether (sulfide) groups is 1. The van der Waals surface area contributed by atoms with Crippen molar-refractivity contribution in [1.29, 1.82) is 0 Å². The number of amides is 1. The Morgan fingerprint density at radius 2 is 2.06 bits per heavy atom. The molecule has 1 aliphatic rings. The molecule has 1 amide bonds. The van der Waals surface area contributed by atoms with Crippen molar-refractivity contribution < 1.29 is 4.79 Å². The van der Waals surface area contributed by atoms with Crippen molar-refractivity contribution in [2.45, 2.75) is 57.1 Å².